The molecule has 11 nitrogen and oxygen atoms in total. The van der Waals surface area contributed by atoms with E-state index in [-0.39, 0.29) is 23.5 Å². The smallest absolute Gasteiger partial charge is 0.406 e. The number of rotatable bonds is 12. The van der Waals surface area contributed by atoms with Crippen molar-refractivity contribution in [1.29, 1.82) is 0 Å². The van der Waals surface area contributed by atoms with E-state index >= 15 is 0 Å². The summed E-state index contributed by atoms with van der Waals surface area (Å²) in [5.41, 5.74) is -0.933. The Kier molecular flexibility index (Phi) is 10.4. The van der Waals surface area contributed by atoms with Crippen LogP contribution in [0.3, 0.4) is 0 Å². The van der Waals surface area contributed by atoms with Crippen molar-refractivity contribution in [1.82, 2.24) is 25.0 Å². The fraction of sp³-hybridized carbons (Fsp3) is 0.333. The SMILES string of the molecule is O=C(Cn1nc(-c2ccc(Cl)cc2)n(CC(O)C(F)F)c1=O)NC(C(=O)NCCO)c1cccc(OC(F)(F)F)c1. The highest BCUT2D eigenvalue weighted by atomic mass is 35.5. The predicted molar refractivity (Wildman–Crippen MR) is 133 cm³/mol. The molecule has 0 aliphatic carbocycles. The molecule has 0 fully saturated rings. The third-order valence-corrected chi connectivity index (χ3v) is 5.63. The van der Waals surface area contributed by atoms with Crippen molar-refractivity contribution in [2.45, 2.75) is 38.0 Å². The van der Waals surface area contributed by atoms with Gasteiger partial charge in [0.25, 0.3) is 6.43 Å². The Morgan fingerprint density at radius 1 is 1.12 bits per heavy atom. The van der Waals surface area contributed by atoms with Gasteiger partial charge in [0.15, 0.2) is 5.82 Å². The zero-order valence-corrected chi connectivity index (χ0v) is 21.6. The molecule has 0 saturated carbocycles. The minimum atomic E-state index is -5.03. The molecule has 0 bridgehead atoms. The van der Waals surface area contributed by atoms with E-state index in [1.165, 1.54) is 30.3 Å². The van der Waals surface area contributed by atoms with Crippen LogP contribution in [0, 0.1) is 0 Å². The summed E-state index contributed by atoms with van der Waals surface area (Å²) in [6.45, 7) is -2.44. The first kappa shape index (κ1) is 31.5. The van der Waals surface area contributed by atoms with Gasteiger partial charge >= 0.3 is 12.1 Å². The number of ether oxygens (including phenoxy) is 1. The zero-order chi connectivity index (χ0) is 30.3. The lowest BCUT2D eigenvalue weighted by Gasteiger charge is -2.19. The molecule has 2 aromatic carbocycles. The predicted octanol–water partition coefficient (Wildman–Crippen LogP) is 1.86. The minimum absolute atomic E-state index is 0.129. The summed E-state index contributed by atoms with van der Waals surface area (Å²) in [6.07, 6.45) is -10.5. The standard InChI is InChI=1S/C24H23ClF5N5O6/c25-15-6-4-13(5-7-15)21-33-35(23(40)34(21)11-17(37)20(26)27)12-18(38)32-19(22(39)31-8-9-36)14-2-1-3-16(10-14)41-24(28,29)30/h1-7,10,17,19-20,36-37H,8-9,11-12H2,(H,31,39)(H,32,38). The van der Waals surface area contributed by atoms with Crippen LogP contribution in [0.2, 0.25) is 5.02 Å². The van der Waals surface area contributed by atoms with Crippen LogP contribution in [-0.4, -0.2) is 68.4 Å². The number of nitrogens with zero attached hydrogens (tertiary/aromatic N) is 3. The van der Waals surface area contributed by atoms with Crippen LogP contribution >= 0.6 is 11.6 Å². The van der Waals surface area contributed by atoms with Crippen LogP contribution in [0.15, 0.2) is 53.3 Å². The van der Waals surface area contributed by atoms with Gasteiger partial charge in [-0.15, -0.1) is 18.3 Å². The molecule has 4 N–H and O–H groups in total. The van der Waals surface area contributed by atoms with Crippen LogP contribution in [0.5, 0.6) is 5.75 Å². The van der Waals surface area contributed by atoms with Crippen molar-refractivity contribution in [2.75, 3.05) is 13.2 Å². The fourth-order valence-corrected chi connectivity index (χ4v) is 3.73. The number of hydrogen-bond acceptors (Lipinski definition) is 7. The Bertz CT molecular complexity index is 1410. The van der Waals surface area contributed by atoms with E-state index in [2.05, 4.69) is 20.5 Å². The average molecular weight is 608 g/mol. The molecule has 0 aliphatic rings. The van der Waals surface area contributed by atoms with E-state index < -0.39 is 67.9 Å². The lowest BCUT2D eigenvalue weighted by atomic mass is 10.1. The van der Waals surface area contributed by atoms with Gasteiger partial charge in [0.05, 0.1) is 13.2 Å². The first-order valence-corrected chi connectivity index (χ1v) is 12.1. The number of alkyl halides is 5. The Hall–Kier alpha value is -4.02. The molecule has 2 amide bonds. The highest BCUT2D eigenvalue weighted by Gasteiger charge is 2.32. The first-order chi connectivity index (χ1) is 19.3. The van der Waals surface area contributed by atoms with Gasteiger partial charge < -0.3 is 25.6 Å². The third kappa shape index (κ3) is 8.73. The Balaban J connectivity index is 1.92. The molecule has 1 heterocycles. The van der Waals surface area contributed by atoms with Crippen molar-refractivity contribution in [2.24, 2.45) is 0 Å². The fourth-order valence-electron chi connectivity index (χ4n) is 3.60. The Labute approximate surface area is 233 Å². The van der Waals surface area contributed by atoms with Crippen molar-refractivity contribution in [3.05, 3.63) is 69.6 Å². The minimum Gasteiger partial charge on any atom is -0.406 e. The number of carbonyl (C=O) groups is 2. The molecule has 41 heavy (non-hydrogen) atoms. The summed E-state index contributed by atoms with van der Waals surface area (Å²) in [6, 6.07) is 8.35. The molecule has 0 saturated heterocycles. The zero-order valence-electron chi connectivity index (χ0n) is 20.8. The van der Waals surface area contributed by atoms with Crippen LogP contribution in [0.4, 0.5) is 22.0 Å². The Morgan fingerprint density at radius 3 is 2.41 bits per heavy atom. The molecular formula is C24H23ClF5N5O6. The molecule has 2 unspecified atom stereocenters. The summed E-state index contributed by atoms with van der Waals surface area (Å²) in [5, 5.41) is 27.6. The summed E-state index contributed by atoms with van der Waals surface area (Å²) in [5.74, 6) is -2.77. The number of carbonyl (C=O) groups excluding carboxylic acids is 2. The molecule has 3 rings (SSSR count). The van der Waals surface area contributed by atoms with E-state index in [4.69, 9.17) is 16.7 Å². The molecule has 0 aliphatic heterocycles. The van der Waals surface area contributed by atoms with Crippen LogP contribution in [0.25, 0.3) is 11.4 Å². The van der Waals surface area contributed by atoms with Crippen molar-refractivity contribution >= 4 is 23.4 Å². The molecule has 2 atom stereocenters. The van der Waals surface area contributed by atoms with Gasteiger partial charge in [0, 0.05) is 17.1 Å². The molecular weight excluding hydrogens is 585 g/mol. The van der Waals surface area contributed by atoms with Gasteiger partial charge in [-0.25, -0.2) is 18.3 Å². The molecule has 0 radical (unpaired) electrons. The number of benzene rings is 2. The number of aromatic nitrogens is 3. The van der Waals surface area contributed by atoms with Crippen LogP contribution < -0.4 is 21.1 Å². The monoisotopic (exact) mass is 607 g/mol. The van der Waals surface area contributed by atoms with Crippen molar-refractivity contribution < 1.29 is 46.5 Å². The topological polar surface area (TPSA) is 148 Å². The van der Waals surface area contributed by atoms with Gasteiger partial charge in [-0.2, -0.15) is 0 Å². The summed E-state index contributed by atoms with van der Waals surface area (Å²) >= 11 is 5.87. The Morgan fingerprint density at radius 2 is 1.80 bits per heavy atom. The number of aliphatic hydroxyl groups is 2. The van der Waals surface area contributed by atoms with Crippen LogP contribution in [0.1, 0.15) is 11.6 Å². The molecule has 3 aromatic rings. The van der Waals surface area contributed by atoms with Crippen molar-refractivity contribution in [3.8, 4) is 17.1 Å². The van der Waals surface area contributed by atoms with E-state index in [0.29, 0.717) is 9.70 Å². The van der Waals surface area contributed by atoms with Crippen LogP contribution in [-0.2, 0) is 22.7 Å². The summed E-state index contributed by atoms with van der Waals surface area (Å²) < 4.78 is 69.3. The molecule has 17 heteroatoms. The van der Waals surface area contributed by atoms with E-state index in [1.807, 2.05) is 0 Å². The van der Waals surface area contributed by atoms with E-state index in [9.17, 15) is 41.4 Å². The quantitative estimate of drug-likeness (QED) is 0.230. The van der Waals surface area contributed by atoms with Gasteiger partial charge in [0.2, 0.25) is 11.8 Å². The van der Waals surface area contributed by atoms with Gasteiger partial charge in [-0.05, 0) is 42.0 Å². The maximum absolute atomic E-state index is 13.0. The second-order valence-corrected chi connectivity index (χ2v) is 8.86. The number of halogens is 6. The average Bonchev–Trinajstić information content (AvgIpc) is 3.19. The van der Waals surface area contributed by atoms with E-state index in [1.54, 1.807) is 0 Å². The third-order valence-electron chi connectivity index (χ3n) is 5.38. The highest BCUT2D eigenvalue weighted by Crippen LogP contribution is 2.26. The number of nitrogens with one attached hydrogen (secondary N) is 2. The second-order valence-electron chi connectivity index (χ2n) is 8.42. The maximum atomic E-state index is 13.0. The normalized spacial score (nSPS) is 13.1. The summed E-state index contributed by atoms with van der Waals surface area (Å²) in [7, 11) is 0. The largest absolute Gasteiger partial charge is 0.573 e. The second kappa shape index (κ2) is 13.6. The highest BCUT2D eigenvalue weighted by molar-refractivity contribution is 6.30. The van der Waals surface area contributed by atoms with Gasteiger partial charge in [0.1, 0.15) is 24.4 Å². The number of aliphatic hydroxyl groups excluding tert-OH is 2. The number of hydrogen-bond donors (Lipinski definition) is 4. The molecule has 1 aromatic heterocycles. The molecule has 0 spiro atoms. The maximum Gasteiger partial charge on any atom is 0.573 e. The van der Waals surface area contributed by atoms with Crippen molar-refractivity contribution in [3.63, 3.8) is 0 Å². The number of amides is 2. The summed E-state index contributed by atoms with van der Waals surface area (Å²) in [4.78, 5) is 38.6. The van der Waals surface area contributed by atoms with E-state index in [0.717, 1.165) is 22.8 Å². The lowest BCUT2D eigenvalue weighted by Crippen LogP contribution is -2.43. The van der Waals surface area contributed by atoms with Gasteiger partial charge in [-0.3, -0.25) is 14.2 Å². The molecule has 222 valence electrons. The first-order valence-electron chi connectivity index (χ1n) is 11.7. The lowest BCUT2D eigenvalue weighted by molar-refractivity contribution is -0.274. The van der Waals surface area contributed by atoms with Gasteiger partial charge in [-0.1, -0.05) is 23.7 Å².